The van der Waals surface area contributed by atoms with E-state index >= 15 is 0 Å². The zero-order chi connectivity index (χ0) is 17.6. The summed E-state index contributed by atoms with van der Waals surface area (Å²) in [7, 11) is -3.37. The molecule has 0 spiro atoms. The number of ether oxygens (including phenoxy) is 1. The van der Waals surface area contributed by atoms with Gasteiger partial charge in [-0.15, -0.1) is 0 Å². The maximum Gasteiger partial charge on any atom is 0.212 e. The lowest BCUT2D eigenvalue weighted by Crippen LogP contribution is -2.29. The maximum atomic E-state index is 13.8. The van der Waals surface area contributed by atoms with Crippen LogP contribution in [0.15, 0.2) is 18.2 Å². The van der Waals surface area contributed by atoms with Crippen LogP contribution in [0, 0.1) is 11.7 Å². The van der Waals surface area contributed by atoms with Gasteiger partial charge in [0.15, 0.2) is 11.6 Å². The van der Waals surface area contributed by atoms with Crippen LogP contribution < -0.4 is 15.2 Å². The summed E-state index contributed by atoms with van der Waals surface area (Å²) in [5.41, 5.74) is 6.09. The van der Waals surface area contributed by atoms with Crippen LogP contribution in [0.3, 0.4) is 0 Å². The molecule has 1 aliphatic rings. The Morgan fingerprint density at radius 3 is 2.75 bits per heavy atom. The molecule has 0 heterocycles. The number of rotatable bonds is 11. The molecule has 136 valence electrons. The molecular weight excluding hydrogens is 331 g/mol. The summed E-state index contributed by atoms with van der Waals surface area (Å²) in [6.45, 7) is 2.83. The molecule has 5 nitrogen and oxygen atoms in total. The quantitative estimate of drug-likeness (QED) is 0.596. The minimum atomic E-state index is -3.37. The van der Waals surface area contributed by atoms with Gasteiger partial charge in [0, 0.05) is 6.04 Å². The molecule has 1 aromatic rings. The summed E-state index contributed by atoms with van der Waals surface area (Å²) in [6, 6.07) is 4.05. The molecule has 0 radical (unpaired) electrons. The van der Waals surface area contributed by atoms with E-state index < -0.39 is 21.9 Å². The zero-order valence-corrected chi connectivity index (χ0v) is 14.9. The first-order valence-corrected chi connectivity index (χ1v) is 10.2. The average Bonchev–Trinajstić information content (AvgIpc) is 3.34. The van der Waals surface area contributed by atoms with Gasteiger partial charge in [-0.3, -0.25) is 0 Å². The summed E-state index contributed by atoms with van der Waals surface area (Å²) in [4.78, 5) is 0. The number of sulfonamides is 1. The van der Waals surface area contributed by atoms with Gasteiger partial charge < -0.3 is 10.5 Å². The Labute approximate surface area is 143 Å². The molecule has 0 amide bonds. The fourth-order valence-electron chi connectivity index (χ4n) is 2.40. The Hall–Kier alpha value is -1.18. The van der Waals surface area contributed by atoms with E-state index in [1.165, 1.54) is 6.07 Å². The number of nitrogens with one attached hydrogen (secondary N) is 1. The van der Waals surface area contributed by atoms with E-state index in [1.54, 1.807) is 19.1 Å². The molecule has 24 heavy (non-hydrogen) atoms. The van der Waals surface area contributed by atoms with Crippen molar-refractivity contribution in [1.82, 2.24) is 4.72 Å². The highest BCUT2D eigenvalue weighted by Gasteiger charge is 2.23. The van der Waals surface area contributed by atoms with Crippen LogP contribution >= 0.6 is 0 Å². The van der Waals surface area contributed by atoms with Crippen molar-refractivity contribution in [2.45, 2.75) is 45.1 Å². The Kier molecular flexibility index (Phi) is 7.01. The van der Waals surface area contributed by atoms with Gasteiger partial charge in [0.1, 0.15) is 0 Å². The zero-order valence-electron chi connectivity index (χ0n) is 14.1. The third kappa shape index (κ3) is 6.37. The first-order valence-electron chi connectivity index (χ1n) is 8.53. The van der Waals surface area contributed by atoms with E-state index in [1.807, 2.05) is 0 Å². The highest BCUT2D eigenvalue weighted by Crippen LogP contribution is 2.31. The largest absolute Gasteiger partial charge is 0.490 e. The number of nitrogens with two attached hydrogens (primary N) is 1. The summed E-state index contributed by atoms with van der Waals surface area (Å²) < 4.78 is 46.2. The van der Waals surface area contributed by atoms with Crippen molar-refractivity contribution in [2.75, 3.05) is 18.9 Å². The molecule has 0 saturated heterocycles. The molecule has 0 unspecified atom stereocenters. The molecule has 1 fully saturated rings. The van der Waals surface area contributed by atoms with E-state index in [-0.39, 0.29) is 11.5 Å². The van der Waals surface area contributed by atoms with E-state index in [2.05, 4.69) is 4.72 Å². The van der Waals surface area contributed by atoms with Crippen molar-refractivity contribution in [2.24, 2.45) is 11.7 Å². The predicted molar refractivity (Wildman–Crippen MR) is 92.9 cm³/mol. The van der Waals surface area contributed by atoms with Crippen LogP contribution in [0.2, 0.25) is 0 Å². The fraction of sp³-hybridized carbons (Fsp3) is 0.647. The van der Waals surface area contributed by atoms with E-state index in [0.717, 1.165) is 25.7 Å². The third-order valence-electron chi connectivity index (χ3n) is 4.10. The number of halogens is 1. The van der Waals surface area contributed by atoms with Crippen molar-refractivity contribution in [3.8, 4) is 5.75 Å². The summed E-state index contributed by atoms with van der Waals surface area (Å²) in [5, 5.41) is 0. The topological polar surface area (TPSA) is 81.4 Å². The Morgan fingerprint density at radius 2 is 2.08 bits per heavy atom. The SMILES string of the molecule is C[C@@H](NS(=O)(=O)CCCCCN)c1ccc(F)c(OCC2CC2)c1. The molecule has 7 heteroatoms. The van der Waals surface area contributed by atoms with Gasteiger partial charge in [-0.2, -0.15) is 0 Å². The number of unbranched alkanes of at least 4 members (excludes halogenated alkanes) is 2. The molecular formula is C17H27FN2O3S. The van der Waals surface area contributed by atoms with Crippen LogP contribution in [0.4, 0.5) is 4.39 Å². The second-order valence-corrected chi connectivity index (χ2v) is 8.33. The molecule has 2 rings (SSSR count). The summed E-state index contributed by atoms with van der Waals surface area (Å²) in [6.07, 6.45) is 4.45. The minimum absolute atomic E-state index is 0.0730. The number of benzene rings is 1. The van der Waals surface area contributed by atoms with Crippen molar-refractivity contribution in [3.05, 3.63) is 29.6 Å². The molecule has 0 aliphatic heterocycles. The second-order valence-electron chi connectivity index (χ2n) is 6.45. The molecule has 1 aromatic carbocycles. The first kappa shape index (κ1) is 19.1. The maximum absolute atomic E-state index is 13.8. The molecule has 1 saturated carbocycles. The van der Waals surface area contributed by atoms with E-state index in [4.69, 9.17) is 10.5 Å². The highest BCUT2D eigenvalue weighted by molar-refractivity contribution is 7.89. The molecule has 3 N–H and O–H groups in total. The van der Waals surface area contributed by atoms with Gasteiger partial charge in [0.2, 0.25) is 10.0 Å². The lowest BCUT2D eigenvalue weighted by atomic mass is 10.1. The molecule has 0 bridgehead atoms. The summed E-state index contributed by atoms with van der Waals surface area (Å²) >= 11 is 0. The monoisotopic (exact) mass is 358 g/mol. The van der Waals surface area contributed by atoms with Crippen LogP contribution in [0.25, 0.3) is 0 Å². The molecule has 0 aromatic heterocycles. The molecule has 1 atom stereocenters. The molecule has 1 aliphatic carbocycles. The van der Waals surface area contributed by atoms with E-state index in [0.29, 0.717) is 31.1 Å². The van der Waals surface area contributed by atoms with Gasteiger partial charge in [-0.05, 0) is 62.8 Å². The number of hydrogen-bond donors (Lipinski definition) is 2. The van der Waals surface area contributed by atoms with Crippen molar-refractivity contribution in [3.63, 3.8) is 0 Å². The van der Waals surface area contributed by atoms with Gasteiger partial charge in [-0.1, -0.05) is 12.5 Å². The smallest absolute Gasteiger partial charge is 0.212 e. The van der Waals surface area contributed by atoms with Gasteiger partial charge in [-0.25, -0.2) is 17.5 Å². The Balaban J connectivity index is 1.92. The summed E-state index contributed by atoms with van der Waals surface area (Å²) in [5.74, 6) is 0.367. The first-order chi connectivity index (χ1) is 11.4. The van der Waals surface area contributed by atoms with Gasteiger partial charge >= 0.3 is 0 Å². The van der Waals surface area contributed by atoms with Crippen LogP contribution in [0.1, 0.15) is 50.6 Å². The van der Waals surface area contributed by atoms with E-state index in [9.17, 15) is 12.8 Å². The van der Waals surface area contributed by atoms with Gasteiger partial charge in [0.05, 0.1) is 12.4 Å². The Morgan fingerprint density at radius 1 is 1.33 bits per heavy atom. The van der Waals surface area contributed by atoms with Crippen molar-refractivity contribution >= 4 is 10.0 Å². The van der Waals surface area contributed by atoms with Gasteiger partial charge in [0.25, 0.3) is 0 Å². The predicted octanol–water partition coefficient (Wildman–Crippen LogP) is 2.72. The number of hydrogen-bond acceptors (Lipinski definition) is 4. The van der Waals surface area contributed by atoms with Crippen LogP contribution in [0.5, 0.6) is 5.75 Å². The van der Waals surface area contributed by atoms with Crippen LogP contribution in [-0.4, -0.2) is 27.3 Å². The normalized spacial score (nSPS) is 16.1. The van der Waals surface area contributed by atoms with Crippen molar-refractivity contribution in [1.29, 1.82) is 0 Å². The van der Waals surface area contributed by atoms with Crippen LogP contribution in [-0.2, 0) is 10.0 Å². The lowest BCUT2D eigenvalue weighted by molar-refractivity contribution is 0.285. The standard InChI is InChI=1S/C17H27FN2O3S/c1-13(20-24(21,22)10-4-2-3-9-19)15-7-8-16(18)17(11-15)23-12-14-5-6-14/h7-8,11,13-14,20H,2-6,9-10,12,19H2,1H3/t13-/m1/s1. The second kappa shape index (κ2) is 8.78. The fourth-order valence-corrected chi connectivity index (χ4v) is 3.78. The van der Waals surface area contributed by atoms with Crippen molar-refractivity contribution < 1.29 is 17.5 Å². The lowest BCUT2D eigenvalue weighted by Gasteiger charge is -2.16. The third-order valence-corrected chi connectivity index (χ3v) is 5.64. The average molecular weight is 358 g/mol. The highest BCUT2D eigenvalue weighted by atomic mass is 32.2. The minimum Gasteiger partial charge on any atom is -0.490 e. The Bertz CT molecular complexity index is 633.